The van der Waals surface area contributed by atoms with Crippen LogP contribution in [0.25, 0.3) is 0 Å². The van der Waals surface area contributed by atoms with Crippen molar-refractivity contribution in [3.05, 3.63) is 12.2 Å². The van der Waals surface area contributed by atoms with Crippen LogP contribution in [-0.4, -0.2) is 11.2 Å². The molecule has 0 aliphatic rings. The first-order valence-corrected chi connectivity index (χ1v) is 3.97. The highest BCUT2D eigenvalue weighted by Gasteiger charge is 1.91. The summed E-state index contributed by atoms with van der Waals surface area (Å²) in [5.74, 6) is 0.633. The predicted octanol–water partition coefficient (Wildman–Crippen LogP) is 2.36. The van der Waals surface area contributed by atoms with Crippen molar-refractivity contribution >= 4 is 0 Å². The summed E-state index contributed by atoms with van der Waals surface area (Å²) in [5.41, 5.74) is 0. The van der Waals surface area contributed by atoms with Gasteiger partial charge in [-0.3, -0.25) is 0 Å². The van der Waals surface area contributed by atoms with Crippen molar-refractivity contribution in [3.63, 3.8) is 0 Å². The molecule has 60 valence electrons. The van der Waals surface area contributed by atoms with Crippen LogP contribution in [0.3, 0.4) is 0 Å². The van der Waals surface area contributed by atoms with Crippen LogP contribution < -0.4 is 0 Å². The van der Waals surface area contributed by atoms with Gasteiger partial charge in [-0.05, 0) is 25.7 Å². The number of hydrogen-bond donors (Lipinski definition) is 1. The van der Waals surface area contributed by atoms with Gasteiger partial charge in [0.1, 0.15) is 0 Å². The van der Waals surface area contributed by atoms with Gasteiger partial charge in [0, 0.05) is 0 Å². The van der Waals surface area contributed by atoms with E-state index < -0.39 is 0 Å². The molecule has 1 N–H and O–H groups in total. The van der Waals surface area contributed by atoms with E-state index in [0.717, 1.165) is 12.8 Å². The van der Waals surface area contributed by atoms with Crippen LogP contribution in [0.5, 0.6) is 0 Å². The zero-order chi connectivity index (χ0) is 7.98. The van der Waals surface area contributed by atoms with Crippen molar-refractivity contribution in [1.29, 1.82) is 0 Å². The highest BCUT2D eigenvalue weighted by atomic mass is 16.3. The topological polar surface area (TPSA) is 20.2 Å². The molecule has 0 saturated heterocycles. The Morgan fingerprint density at radius 1 is 1.30 bits per heavy atom. The fourth-order valence-electron chi connectivity index (χ4n) is 0.706. The maximum atomic E-state index is 8.88. The van der Waals surface area contributed by atoms with Crippen LogP contribution in [-0.2, 0) is 0 Å². The van der Waals surface area contributed by atoms with E-state index in [9.17, 15) is 0 Å². The molecule has 1 heteroatoms. The highest BCUT2D eigenvalue weighted by Crippen LogP contribution is 2.00. The second-order valence-electron chi connectivity index (χ2n) is 3.10. The van der Waals surface area contributed by atoms with Gasteiger partial charge in [0.2, 0.25) is 0 Å². The summed E-state index contributed by atoms with van der Waals surface area (Å²) in [5, 5.41) is 8.88. The van der Waals surface area contributed by atoms with Gasteiger partial charge in [-0.25, -0.2) is 0 Å². The normalized spacial score (nSPS) is 14.9. The molecule has 0 radical (unpaired) electrons. The molecular formula is C9H18O. The molecule has 0 fully saturated rings. The molecule has 0 rings (SSSR count). The molecular weight excluding hydrogens is 124 g/mol. The van der Waals surface area contributed by atoms with Crippen molar-refractivity contribution in [3.8, 4) is 0 Å². The van der Waals surface area contributed by atoms with E-state index >= 15 is 0 Å². The summed E-state index contributed by atoms with van der Waals surface area (Å²) >= 11 is 0. The van der Waals surface area contributed by atoms with Crippen LogP contribution >= 0.6 is 0 Å². The van der Waals surface area contributed by atoms with Crippen molar-refractivity contribution in [1.82, 2.24) is 0 Å². The number of rotatable bonds is 4. The van der Waals surface area contributed by atoms with E-state index in [2.05, 4.69) is 26.0 Å². The monoisotopic (exact) mass is 142 g/mol. The molecule has 0 aliphatic carbocycles. The lowest BCUT2D eigenvalue weighted by atomic mass is 10.1. The van der Waals surface area contributed by atoms with Crippen LogP contribution in [0.4, 0.5) is 0 Å². The third-order valence-electron chi connectivity index (χ3n) is 1.27. The van der Waals surface area contributed by atoms with E-state index in [0.29, 0.717) is 5.92 Å². The van der Waals surface area contributed by atoms with E-state index in [4.69, 9.17) is 5.11 Å². The van der Waals surface area contributed by atoms with Crippen LogP contribution in [0.1, 0.15) is 33.6 Å². The predicted molar refractivity (Wildman–Crippen MR) is 44.9 cm³/mol. The minimum Gasteiger partial charge on any atom is -0.393 e. The first kappa shape index (κ1) is 9.70. The van der Waals surface area contributed by atoms with Gasteiger partial charge < -0.3 is 5.11 Å². The number of allylic oxidation sites excluding steroid dienone is 2. The molecule has 1 nitrogen and oxygen atoms in total. The Bertz CT molecular complexity index is 92.9. The highest BCUT2D eigenvalue weighted by molar-refractivity contribution is 4.84. The number of aliphatic hydroxyl groups is 1. The summed E-state index contributed by atoms with van der Waals surface area (Å²) in [4.78, 5) is 0. The van der Waals surface area contributed by atoms with E-state index in [1.54, 1.807) is 0 Å². The molecule has 0 amide bonds. The molecule has 0 heterocycles. The van der Waals surface area contributed by atoms with E-state index in [-0.39, 0.29) is 6.10 Å². The zero-order valence-corrected chi connectivity index (χ0v) is 7.17. The van der Waals surface area contributed by atoms with Crippen molar-refractivity contribution in [2.75, 3.05) is 0 Å². The van der Waals surface area contributed by atoms with E-state index in [1.165, 1.54) is 0 Å². The largest absolute Gasteiger partial charge is 0.393 e. The molecule has 0 aromatic heterocycles. The quantitative estimate of drug-likeness (QED) is 0.597. The van der Waals surface area contributed by atoms with Crippen LogP contribution in [0.15, 0.2) is 12.2 Å². The first-order chi connectivity index (χ1) is 4.63. The molecule has 0 aromatic carbocycles. The number of hydrogen-bond acceptors (Lipinski definition) is 1. The Balaban J connectivity index is 3.19. The second kappa shape index (κ2) is 5.48. The summed E-state index contributed by atoms with van der Waals surface area (Å²) in [6.45, 7) is 6.13. The second-order valence-corrected chi connectivity index (χ2v) is 3.10. The zero-order valence-electron chi connectivity index (χ0n) is 7.17. The van der Waals surface area contributed by atoms with Crippen LogP contribution in [0, 0.1) is 5.92 Å². The summed E-state index contributed by atoms with van der Waals surface area (Å²) < 4.78 is 0. The summed E-state index contributed by atoms with van der Waals surface area (Å²) in [6.07, 6.45) is 6.02. The average molecular weight is 142 g/mol. The fraction of sp³-hybridized carbons (Fsp3) is 0.778. The number of aliphatic hydroxyl groups excluding tert-OH is 1. The standard InChI is InChI=1S/C9H18O/c1-8(2)6-4-5-7-9(3)10/h4,6,8-10H,5,7H2,1-3H3/t9-/m1/s1. The van der Waals surface area contributed by atoms with Gasteiger partial charge in [0.05, 0.1) is 6.10 Å². The van der Waals surface area contributed by atoms with Crippen LogP contribution in [0.2, 0.25) is 0 Å². The maximum Gasteiger partial charge on any atom is 0.0515 e. The molecule has 1 atom stereocenters. The molecule has 0 aromatic rings. The first-order valence-electron chi connectivity index (χ1n) is 3.97. The Morgan fingerprint density at radius 3 is 2.30 bits per heavy atom. The Labute approximate surface area is 63.8 Å². The van der Waals surface area contributed by atoms with Gasteiger partial charge in [-0.1, -0.05) is 26.0 Å². The third kappa shape index (κ3) is 7.70. The Kier molecular flexibility index (Phi) is 5.32. The summed E-state index contributed by atoms with van der Waals surface area (Å²) in [7, 11) is 0. The van der Waals surface area contributed by atoms with Gasteiger partial charge in [0.15, 0.2) is 0 Å². The summed E-state index contributed by atoms with van der Waals surface area (Å²) in [6, 6.07) is 0. The maximum absolute atomic E-state index is 8.88. The molecule has 0 bridgehead atoms. The van der Waals surface area contributed by atoms with Gasteiger partial charge >= 0.3 is 0 Å². The van der Waals surface area contributed by atoms with Gasteiger partial charge in [-0.2, -0.15) is 0 Å². The Morgan fingerprint density at radius 2 is 1.90 bits per heavy atom. The minimum absolute atomic E-state index is 0.156. The van der Waals surface area contributed by atoms with Gasteiger partial charge in [0.25, 0.3) is 0 Å². The molecule has 0 unspecified atom stereocenters. The molecule has 0 aliphatic heterocycles. The SMILES string of the molecule is CC(C)C=CCC[C@@H](C)O. The fourth-order valence-corrected chi connectivity index (χ4v) is 0.706. The lowest BCUT2D eigenvalue weighted by Gasteiger charge is -1.99. The van der Waals surface area contributed by atoms with Gasteiger partial charge in [-0.15, -0.1) is 0 Å². The lowest BCUT2D eigenvalue weighted by molar-refractivity contribution is 0.186. The lowest BCUT2D eigenvalue weighted by Crippen LogP contribution is -1.96. The third-order valence-corrected chi connectivity index (χ3v) is 1.27. The van der Waals surface area contributed by atoms with Crippen molar-refractivity contribution in [2.24, 2.45) is 5.92 Å². The van der Waals surface area contributed by atoms with Crippen molar-refractivity contribution in [2.45, 2.75) is 39.7 Å². The molecule has 0 saturated carbocycles. The van der Waals surface area contributed by atoms with Crippen molar-refractivity contribution < 1.29 is 5.11 Å². The van der Waals surface area contributed by atoms with E-state index in [1.807, 2.05) is 6.92 Å². The minimum atomic E-state index is -0.156. The molecule has 0 spiro atoms. The Hall–Kier alpha value is -0.300. The molecule has 10 heavy (non-hydrogen) atoms. The average Bonchev–Trinajstić information content (AvgIpc) is 1.79. The smallest absolute Gasteiger partial charge is 0.0515 e.